The number of unbranched alkanes of at least 4 members (excludes halogenated alkanes) is 1. The lowest BCUT2D eigenvalue weighted by Gasteiger charge is -2.05. The molecule has 1 aromatic rings. The summed E-state index contributed by atoms with van der Waals surface area (Å²) in [5, 5.41) is 0. The van der Waals surface area contributed by atoms with Crippen LogP contribution < -0.4 is 4.74 Å². The number of nitrogens with zero attached hydrogens (tertiary/aromatic N) is 1. The predicted octanol–water partition coefficient (Wildman–Crippen LogP) is 3.33. The SMILES string of the molecule is CCCCOc1cc(C)c(Br)cn1. The largest absolute Gasteiger partial charge is 0.478 e. The number of hydrogen-bond acceptors (Lipinski definition) is 2. The van der Waals surface area contributed by atoms with Crippen LogP contribution in [0.2, 0.25) is 0 Å². The van der Waals surface area contributed by atoms with Crippen LogP contribution >= 0.6 is 15.9 Å². The summed E-state index contributed by atoms with van der Waals surface area (Å²) in [5.74, 6) is 0.717. The molecule has 1 heterocycles. The normalized spacial score (nSPS) is 10.1. The van der Waals surface area contributed by atoms with Gasteiger partial charge in [-0.05, 0) is 34.8 Å². The molecule has 0 saturated carbocycles. The van der Waals surface area contributed by atoms with Gasteiger partial charge in [0.15, 0.2) is 0 Å². The highest BCUT2D eigenvalue weighted by atomic mass is 79.9. The van der Waals surface area contributed by atoms with Crippen molar-refractivity contribution in [1.29, 1.82) is 0 Å². The lowest BCUT2D eigenvalue weighted by Crippen LogP contribution is -1.98. The fraction of sp³-hybridized carbons (Fsp3) is 0.500. The van der Waals surface area contributed by atoms with Crippen molar-refractivity contribution >= 4 is 15.9 Å². The van der Waals surface area contributed by atoms with E-state index < -0.39 is 0 Å². The summed E-state index contributed by atoms with van der Waals surface area (Å²) in [4.78, 5) is 4.14. The summed E-state index contributed by atoms with van der Waals surface area (Å²) in [6.45, 7) is 4.92. The first-order valence-electron chi connectivity index (χ1n) is 4.49. The van der Waals surface area contributed by atoms with Crippen molar-refractivity contribution in [2.75, 3.05) is 6.61 Å². The van der Waals surface area contributed by atoms with Gasteiger partial charge >= 0.3 is 0 Å². The zero-order valence-corrected chi connectivity index (χ0v) is 9.60. The van der Waals surface area contributed by atoms with E-state index in [-0.39, 0.29) is 0 Å². The van der Waals surface area contributed by atoms with Crippen molar-refractivity contribution in [3.8, 4) is 5.88 Å². The van der Waals surface area contributed by atoms with Gasteiger partial charge in [-0.25, -0.2) is 4.98 Å². The van der Waals surface area contributed by atoms with Crippen molar-refractivity contribution in [1.82, 2.24) is 4.98 Å². The Labute approximate surface area is 87.5 Å². The topological polar surface area (TPSA) is 22.1 Å². The quantitative estimate of drug-likeness (QED) is 0.758. The molecule has 0 fully saturated rings. The fourth-order valence-corrected chi connectivity index (χ4v) is 1.13. The molecule has 2 nitrogen and oxygen atoms in total. The van der Waals surface area contributed by atoms with Gasteiger partial charge in [0.1, 0.15) is 0 Å². The smallest absolute Gasteiger partial charge is 0.213 e. The summed E-state index contributed by atoms with van der Waals surface area (Å²) >= 11 is 3.39. The molecule has 0 aliphatic rings. The van der Waals surface area contributed by atoms with Crippen molar-refractivity contribution in [3.63, 3.8) is 0 Å². The zero-order valence-electron chi connectivity index (χ0n) is 8.01. The number of aryl methyl sites for hydroxylation is 1. The molecule has 0 spiro atoms. The first kappa shape index (κ1) is 10.5. The van der Waals surface area contributed by atoms with E-state index in [1.165, 1.54) is 0 Å². The van der Waals surface area contributed by atoms with E-state index in [0.29, 0.717) is 5.88 Å². The number of hydrogen-bond donors (Lipinski definition) is 0. The zero-order chi connectivity index (χ0) is 9.68. The molecule has 1 rings (SSSR count). The first-order valence-corrected chi connectivity index (χ1v) is 5.28. The van der Waals surface area contributed by atoms with Gasteiger partial charge in [0.2, 0.25) is 5.88 Å². The van der Waals surface area contributed by atoms with E-state index in [1.807, 2.05) is 13.0 Å². The Kier molecular flexibility index (Phi) is 4.22. The molecular formula is C10H14BrNO. The van der Waals surface area contributed by atoms with Crippen LogP contribution in [-0.4, -0.2) is 11.6 Å². The van der Waals surface area contributed by atoms with E-state index in [9.17, 15) is 0 Å². The van der Waals surface area contributed by atoms with Gasteiger partial charge in [-0.1, -0.05) is 13.3 Å². The number of halogens is 1. The molecule has 0 bridgehead atoms. The molecule has 13 heavy (non-hydrogen) atoms. The first-order chi connectivity index (χ1) is 6.24. The molecule has 0 aliphatic carbocycles. The summed E-state index contributed by atoms with van der Waals surface area (Å²) < 4.78 is 6.47. The van der Waals surface area contributed by atoms with Gasteiger partial charge in [-0.2, -0.15) is 0 Å². The molecule has 0 N–H and O–H groups in total. The van der Waals surface area contributed by atoms with Crippen LogP contribution in [0.15, 0.2) is 16.7 Å². The third-order valence-corrected chi connectivity index (χ3v) is 2.60. The summed E-state index contributed by atoms with van der Waals surface area (Å²) in [7, 11) is 0. The maximum absolute atomic E-state index is 5.45. The molecule has 1 aromatic heterocycles. The average molecular weight is 244 g/mol. The molecule has 0 aliphatic heterocycles. The molecule has 0 unspecified atom stereocenters. The minimum atomic E-state index is 0.717. The van der Waals surface area contributed by atoms with Gasteiger partial charge < -0.3 is 4.74 Å². The second kappa shape index (κ2) is 5.22. The van der Waals surface area contributed by atoms with Crippen molar-refractivity contribution in [3.05, 3.63) is 22.3 Å². The van der Waals surface area contributed by atoms with Crippen molar-refractivity contribution < 1.29 is 4.74 Å². The van der Waals surface area contributed by atoms with Crippen LogP contribution in [0.25, 0.3) is 0 Å². The second-order valence-corrected chi connectivity index (χ2v) is 3.83. The van der Waals surface area contributed by atoms with Gasteiger partial charge in [-0.15, -0.1) is 0 Å². The number of aromatic nitrogens is 1. The Bertz CT molecular complexity index is 276. The predicted molar refractivity (Wildman–Crippen MR) is 57.1 cm³/mol. The van der Waals surface area contributed by atoms with E-state index >= 15 is 0 Å². The van der Waals surface area contributed by atoms with E-state index in [2.05, 4.69) is 27.8 Å². The second-order valence-electron chi connectivity index (χ2n) is 2.97. The standard InChI is InChI=1S/C10H14BrNO/c1-3-4-5-13-10-6-8(2)9(11)7-12-10/h6-7H,3-5H2,1-2H3. The van der Waals surface area contributed by atoms with Crippen LogP contribution in [0.3, 0.4) is 0 Å². The highest BCUT2D eigenvalue weighted by Crippen LogP contribution is 2.18. The Morgan fingerprint density at radius 1 is 1.54 bits per heavy atom. The molecule has 0 radical (unpaired) electrons. The van der Waals surface area contributed by atoms with Crippen LogP contribution in [0.5, 0.6) is 5.88 Å². The minimum Gasteiger partial charge on any atom is -0.478 e. The van der Waals surface area contributed by atoms with Crippen LogP contribution in [0.1, 0.15) is 25.3 Å². The number of rotatable bonds is 4. The van der Waals surface area contributed by atoms with Crippen LogP contribution in [0, 0.1) is 6.92 Å². The van der Waals surface area contributed by atoms with Gasteiger partial charge in [-0.3, -0.25) is 0 Å². The van der Waals surface area contributed by atoms with E-state index in [0.717, 1.165) is 29.5 Å². The number of pyridine rings is 1. The molecule has 0 amide bonds. The number of ether oxygens (including phenoxy) is 1. The fourth-order valence-electron chi connectivity index (χ4n) is 0.914. The molecule has 3 heteroatoms. The summed E-state index contributed by atoms with van der Waals surface area (Å²) in [6, 6.07) is 1.94. The Morgan fingerprint density at radius 3 is 2.92 bits per heavy atom. The third kappa shape index (κ3) is 3.35. The monoisotopic (exact) mass is 243 g/mol. The molecular weight excluding hydrogens is 230 g/mol. The Balaban J connectivity index is 2.53. The highest BCUT2D eigenvalue weighted by Gasteiger charge is 1.98. The molecule has 0 aromatic carbocycles. The van der Waals surface area contributed by atoms with Crippen molar-refractivity contribution in [2.24, 2.45) is 0 Å². The Morgan fingerprint density at radius 2 is 2.31 bits per heavy atom. The Hall–Kier alpha value is -0.570. The molecule has 0 saturated heterocycles. The van der Waals surface area contributed by atoms with Crippen LogP contribution in [-0.2, 0) is 0 Å². The summed E-state index contributed by atoms with van der Waals surface area (Å²) in [6.07, 6.45) is 4.00. The highest BCUT2D eigenvalue weighted by molar-refractivity contribution is 9.10. The van der Waals surface area contributed by atoms with Gasteiger partial charge in [0.25, 0.3) is 0 Å². The van der Waals surface area contributed by atoms with Gasteiger partial charge in [0.05, 0.1) is 6.61 Å². The molecule has 0 atom stereocenters. The van der Waals surface area contributed by atoms with E-state index in [1.54, 1.807) is 6.20 Å². The van der Waals surface area contributed by atoms with Crippen molar-refractivity contribution in [2.45, 2.75) is 26.7 Å². The van der Waals surface area contributed by atoms with E-state index in [4.69, 9.17) is 4.74 Å². The van der Waals surface area contributed by atoms with Crippen LogP contribution in [0.4, 0.5) is 0 Å². The average Bonchev–Trinajstić information content (AvgIpc) is 2.12. The summed E-state index contributed by atoms with van der Waals surface area (Å²) in [5.41, 5.74) is 1.15. The lowest BCUT2D eigenvalue weighted by molar-refractivity contribution is 0.297. The minimum absolute atomic E-state index is 0.717. The molecule has 72 valence electrons. The third-order valence-electron chi connectivity index (χ3n) is 1.77. The van der Waals surface area contributed by atoms with Gasteiger partial charge in [0, 0.05) is 16.7 Å². The maximum atomic E-state index is 5.45. The lowest BCUT2D eigenvalue weighted by atomic mass is 10.3. The maximum Gasteiger partial charge on any atom is 0.213 e.